The lowest BCUT2D eigenvalue weighted by atomic mass is 10.3. The van der Waals surface area contributed by atoms with Gasteiger partial charge in [-0.1, -0.05) is 12.1 Å². The Labute approximate surface area is 108 Å². The fourth-order valence-corrected chi connectivity index (χ4v) is 2.27. The summed E-state index contributed by atoms with van der Waals surface area (Å²) in [5.41, 5.74) is 1.43. The van der Waals surface area contributed by atoms with Gasteiger partial charge in [0.25, 0.3) is 5.69 Å². The summed E-state index contributed by atoms with van der Waals surface area (Å²) in [6.45, 7) is 2.46. The fraction of sp³-hybridized carbons (Fsp3) is 0.167. The van der Waals surface area contributed by atoms with Gasteiger partial charge < -0.3 is 0 Å². The second-order valence-corrected chi connectivity index (χ2v) is 4.67. The molecule has 0 fully saturated rings. The lowest BCUT2D eigenvalue weighted by Crippen LogP contribution is -1.87. The van der Waals surface area contributed by atoms with Crippen LogP contribution in [0.4, 0.5) is 11.4 Å². The first-order valence-electron chi connectivity index (χ1n) is 5.32. The highest BCUT2D eigenvalue weighted by molar-refractivity contribution is 7.10. The number of rotatable bonds is 4. The standard InChI is InChI=1S/C12H11N3O2S/c1-9-6-7-18-12(9)8-13-14-10-4-2-3-5-11(10)15(16)17/h2-7H,8H2,1H3. The average Bonchev–Trinajstić information content (AvgIpc) is 2.76. The van der Waals surface area contributed by atoms with Gasteiger partial charge in [0.05, 0.1) is 11.5 Å². The van der Waals surface area contributed by atoms with E-state index >= 15 is 0 Å². The second kappa shape index (κ2) is 5.50. The van der Waals surface area contributed by atoms with Gasteiger partial charge in [-0.25, -0.2) is 0 Å². The normalized spacial score (nSPS) is 10.9. The molecule has 0 unspecified atom stereocenters. The summed E-state index contributed by atoms with van der Waals surface area (Å²) >= 11 is 1.61. The first-order chi connectivity index (χ1) is 8.68. The van der Waals surface area contributed by atoms with Crippen LogP contribution in [0.2, 0.25) is 0 Å². The van der Waals surface area contributed by atoms with Gasteiger partial charge in [-0.05, 0) is 30.0 Å². The van der Waals surface area contributed by atoms with E-state index in [-0.39, 0.29) is 11.4 Å². The first kappa shape index (κ1) is 12.4. The van der Waals surface area contributed by atoms with Crippen LogP contribution in [0, 0.1) is 17.0 Å². The van der Waals surface area contributed by atoms with Crippen LogP contribution in [-0.4, -0.2) is 4.92 Å². The molecule has 1 aromatic carbocycles. The Morgan fingerprint density at radius 1 is 1.33 bits per heavy atom. The largest absolute Gasteiger partial charge is 0.296 e. The molecule has 0 atom stereocenters. The van der Waals surface area contributed by atoms with Gasteiger partial charge in [-0.3, -0.25) is 10.1 Å². The molecular weight excluding hydrogens is 250 g/mol. The van der Waals surface area contributed by atoms with E-state index in [1.165, 1.54) is 11.6 Å². The van der Waals surface area contributed by atoms with E-state index in [2.05, 4.69) is 10.2 Å². The number of nitro groups is 1. The molecular formula is C12H11N3O2S. The van der Waals surface area contributed by atoms with E-state index < -0.39 is 4.92 Å². The zero-order chi connectivity index (χ0) is 13.0. The van der Waals surface area contributed by atoms with Crippen LogP contribution in [0.25, 0.3) is 0 Å². The van der Waals surface area contributed by atoms with Crippen molar-refractivity contribution in [3.63, 3.8) is 0 Å². The molecule has 0 aliphatic carbocycles. The van der Waals surface area contributed by atoms with E-state index in [9.17, 15) is 10.1 Å². The summed E-state index contributed by atoms with van der Waals surface area (Å²) in [5.74, 6) is 0. The number of aryl methyl sites for hydroxylation is 1. The molecule has 1 aromatic heterocycles. The molecule has 0 aliphatic rings. The smallest absolute Gasteiger partial charge is 0.258 e. The highest BCUT2D eigenvalue weighted by Crippen LogP contribution is 2.27. The number of nitrogens with zero attached hydrogens (tertiary/aromatic N) is 3. The Morgan fingerprint density at radius 3 is 2.78 bits per heavy atom. The SMILES string of the molecule is Cc1ccsc1CN=Nc1ccccc1[N+](=O)[O-]. The van der Waals surface area contributed by atoms with Crippen molar-refractivity contribution >= 4 is 22.7 Å². The van der Waals surface area contributed by atoms with E-state index in [1.54, 1.807) is 29.5 Å². The molecule has 0 saturated carbocycles. The van der Waals surface area contributed by atoms with Crippen molar-refractivity contribution in [3.05, 3.63) is 56.3 Å². The van der Waals surface area contributed by atoms with Crippen molar-refractivity contribution < 1.29 is 4.92 Å². The zero-order valence-electron chi connectivity index (χ0n) is 9.74. The van der Waals surface area contributed by atoms with Crippen LogP contribution in [0.5, 0.6) is 0 Å². The zero-order valence-corrected chi connectivity index (χ0v) is 10.6. The molecule has 0 amide bonds. The number of hydrogen-bond acceptors (Lipinski definition) is 5. The van der Waals surface area contributed by atoms with Crippen LogP contribution in [0.3, 0.4) is 0 Å². The topological polar surface area (TPSA) is 67.9 Å². The Kier molecular flexibility index (Phi) is 3.78. The molecule has 5 nitrogen and oxygen atoms in total. The van der Waals surface area contributed by atoms with E-state index in [0.29, 0.717) is 6.54 Å². The molecule has 0 aliphatic heterocycles. The highest BCUT2D eigenvalue weighted by Gasteiger charge is 2.11. The van der Waals surface area contributed by atoms with E-state index in [1.807, 2.05) is 18.4 Å². The van der Waals surface area contributed by atoms with Crippen LogP contribution >= 0.6 is 11.3 Å². The molecule has 0 spiro atoms. The molecule has 2 aromatic rings. The third-order valence-electron chi connectivity index (χ3n) is 2.44. The maximum Gasteiger partial charge on any atom is 0.296 e. The third kappa shape index (κ3) is 2.78. The van der Waals surface area contributed by atoms with Crippen LogP contribution < -0.4 is 0 Å². The number of hydrogen-bond donors (Lipinski definition) is 0. The predicted molar refractivity (Wildman–Crippen MR) is 70.4 cm³/mol. The van der Waals surface area contributed by atoms with Crippen LogP contribution in [0.15, 0.2) is 45.9 Å². The highest BCUT2D eigenvalue weighted by atomic mass is 32.1. The van der Waals surface area contributed by atoms with E-state index in [0.717, 1.165) is 4.88 Å². The molecule has 0 N–H and O–H groups in total. The molecule has 1 heterocycles. The summed E-state index contributed by atoms with van der Waals surface area (Å²) in [4.78, 5) is 11.4. The van der Waals surface area contributed by atoms with Crippen molar-refractivity contribution in [1.29, 1.82) is 0 Å². The molecule has 2 rings (SSSR count). The monoisotopic (exact) mass is 261 g/mol. The second-order valence-electron chi connectivity index (χ2n) is 3.67. The predicted octanol–water partition coefficient (Wildman–Crippen LogP) is 4.25. The minimum absolute atomic E-state index is 0.0239. The number of benzene rings is 1. The Hall–Kier alpha value is -2.08. The van der Waals surface area contributed by atoms with Gasteiger partial charge in [-0.2, -0.15) is 5.11 Å². The van der Waals surface area contributed by atoms with Gasteiger partial charge >= 0.3 is 0 Å². The van der Waals surface area contributed by atoms with Crippen molar-refractivity contribution in [2.45, 2.75) is 13.5 Å². The quantitative estimate of drug-likeness (QED) is 0.469. The molecule has 0 bridgehead atoms. The van der Waals surface area contributed by atoms with Crippen LogP contribution in [0.1, 0.15) is 10.4 Å². The average molecular weight is 261 g/mol. The number of para-hydroxylation sites is 1. The van der Waals surface area contributed by atoms with E-state index in [4.69, 9.17) is 0 Å². The Bertz CT molecular complexity index is 593. The third-order valence-corrected chi connectivity index (χ3v) is 3.45. The molecule has 92 valence electrons. The summed E-state index contributed by atoms with van der Waals surface area (Å²) in [6, 6.07) is 8.34. The Morgan fingerprint density at radius 2 is 2.11 bits per heavy atom. The number of nitro benzene ring substituents is 1. The summed E-state index contributed by atoms with van der Waals surface area (Å²) in [5, 5.41) is 20.7. The molecule has 0 saturated heterocycles. The maximum atomic E-state index is 10.8. The van der Waals surface area contributed by atoms with Crippen molar-refractivity contribution in [3.8, 4) is 0 Å². The van der Waals surface area contributed by atoms with Crippen molar-refractivity contribution in [1.82, 2.24) is 0 Å². The van der Waals surface area contributed by atoms with Crippen molar-refractivity contribution in [2.24, 2.45) is 10.2 Å². The Balaban J connectivity index is 2.14. The molecule has 18 heavy (non-hydrogen) atoms. The number of azo groups is 1. The van der Waals surface area contributed by atoms with Crippen LogP contribution in [-0.2, 0) is 6.54 Å². The first-order valence-corrected chi connectivity index (χ1v) is 6.20. The van der Waals surface area contributed by atoms with Gasteiger partial charge in [0.1, 0.15) is 0 Å². The van der Waals surface area contributed by atoms with Crippen molar-refractivity contribution in [2.75, 3.05) is 0 Å². The van der Waals surface area contributed by atoms with Gasteiger partial charge in [0, 0.05) is 10.9 Å². The summed E-state index contributed by atoms with van der Waals surface area (Å²) in [7, 11) is 0. The minimum Gasteiger partial charge on any atom is -0.258 e. The van der Waals surface area contributed by atoms with Gasteiger partial charge in [0.2, 0.25) is 0 Å². The summed E-state index contributed by atoms with van der Waals surface area (Å²) in [6.07, 6.45) is 0. The van der Waals surface area contributed by atoms with Gasteiger partial charge in [0.15, 0.2) is 5.69 Å². The fourth-order valence-electron chi connectivity index (χ4n) is 1.44. The molecule has 6 heteroatoms. The minimum atomic E-state index is -0.454. The lowest BCUT2D eigenvalue weighted by Gasteiger charge is -1.95. The number of thiophene rings is 1. The maximum absolute atomic E-state index is 10.8. The molecule has 0 radical (unpaired) electrons. The van der Waals surface area contributed by atoms with Gasteiger partial charge in [-0.15, -0.1) is 16.5 Å². The lowest BCUT2D eigenvalue weighted by molar-refractivity contribution is -0.384. The summed E-state index contributed by atoms with van der Waals surface area (Å²) < 4.78 is 0.